The quantitative estimate of drug-likeness (QED) is 0.605. The van der Waals surface area contributed by atoms with Crippen molar-refractivity contribution in [3.63, 3.8) is 0 Å². The van der Waals surface area contributed by atoms with Crippen LogP contribution >= 0.6 is 23.1 Å². The zero-order valence-electron chi connectivity index (χ0n) is 13.9. The van der Waals surface area contributed by atoms with Gasteiger partial charge in [-0.1, -0.05) is 24.3 Å². The molecule has 3 rings (SSSR count). The SMILES string of the molecule is CSc1ccc(CN(C)C(=O)CCc2nc3ccccc3s2)cc1. The summed E-state index contributed by atoms with van der Waals surface area (Å²) in [6.45, 7) is 0.646. The van der Waals surface area contributed by atoms with Gasteiger partial charge in [-0.2, -0.15) is 0 Å². The summed E-state index contributed by atoms with van der Waals surface area (Å²) in [6, 6.07) is 16.5. The number of benzene rings is 2. The average molecular weight is 357 g/mol. The number of rotatable bonds is 6. The number of thiazole rings is 1. The minimum absolute atomic E-state index is 0.156. The summed E-state index contributed by atoms with van der Waals surface area (Å²) in [4.78, 5) is 20.0. The van der Waals surface area contributed by atoms with Gasteiger partial charge in [0.05, 0.1) is 15.2 Å². The molecule has 0 N–H and O–H groups in total. The number of aryl methyl sites for hydroxylation is 1. The lowest BCUT2D eigenvalue weighted by molar-refractivity contribution is -0.130. The van der Waals surface area contributed by atoms with Crippen molar-refractivity contribution in [1.82, 2.24) is 9.88 Å². The highest BCUT2D eigenvalue weighted by Gasteiger charge is 2.11. The number of carbonyl (C=O) groups is 1. The first-order valence-corrected chi connectivity index (χ1v) is 9.91. The maximum absolute atomic E-state index is 12.4. The van der Waals surface area contributed by atoms with Crippen LogP contribution in [-0.2, 0) is 17.8 Å². The van der Waals surface area contributed by atoms with E-state index < -0.39 is 0 Å². The number of hydrogen-bond donors (Lipinski definition) is 0. The molecule has 1 amide bonds. The molecule has 0 saturated heterocycles. The molecule has 5 heteroatoms. The van der Waals surface area contributed by atoms with Crippen LogP contribution in [0.15, 0.2) is 53.4 Å². The van der Waals surface area contributed by atoms with Gasteiger partial charge in [-0.15, -0.1) is 23.1 Å². The molecular weight excluding hydrogens is 336 g/mol. The predicted octanol–water partition coefficient (Wildman–Crippen LogP) is 4.61. The molecule has 0 aliphatic rings. The van der Waals surface area contributed by atoms with E-state index in [0.29, 0.717) is 19.4 Å². The molecule has 0 radical (unpaired) electrons. The van der Waals surface area contributed by atoms with Crippen molar-refractivity contribution in [3.8, 4) is 0 Å². The van der Waals surface area contributed by atoms with Crippen molar-refractivity contribution >= 4 is 39.2 Å². The third-order valence-electron chi connectivity index (χ3n) is 3.90. The van der Waals surface area contributed by atoms with Gasteiger partial charge in [0, 0.05) is 31.3 Å². The normalized spacial score (nSPS) is 10.9. The second kappa shape index (κ2) is 7.81. The van der Waals surface area contributed by atoms with Gasteiger partial charge in [-0.05, 0) is 36.1 Å². The zero-order valence-corrected chi connectivity index (χ0v) is 15.5. The maximum Gasteiger partial charge on any atom is 0.223 e. The molecule has 1 aromatic heterocycles. The second-order valence-corrected chi connectivity index (χ2v) is 7.67. The molecular formula is C19H20N2OS2. The number of carbonyl (C=O) groups excluding carboxylic acids is 1. The topological polar surface area (TPSA) is 33.2 Å². The molecule has 124 valence electrons. The summed E-state index contributed by atoms with van der Waals surface area (Å²) in [7, 11) is 1.86. The minimum atomic E-state index is 0.156. The second-order valence-electron chi connectivity index (χ2n) is 5.67. The van der Waals surface area contributed by atoms with Crippen molar-refractivity contribution in [1.29, 1.82) is 0 Å². The molecule has 0 aliphatic carbocycles. The fourth-order valence-corrected chi connectivity index (χ4v) is 3.90. The molecule has 0 atom stereocenters. The van der Waals surface area contributed by atoms with E-state index >= 15 is 0 Å². The lowest BCUT2D eigenvalue weighted by atomic mass is 10.2. The van der Waals surface area contributed by atoms with E-state index in [1.807, 2.05) is 25.2 Å². The molecule has 0 aliphatic heterocycles. The summed E-state index contributed by atoms with van der Waals surface area (Å²) < 4.78 is 1.18. The van der Waals surface area contributed by atoms with Crippen LogP contribution in [0.2, 0.25) is 0 Å². The van der Waals surface area contributed by atoms with Crippen molar-refractivity contribution in [2.45, 2.75) is 24.3 Å². The van der Waals surface area contributed by atoms with Gasteiger partial charge in [0.15, 0.2) is 0 Å². The smallest absolute Gasteiger partial charge is 0.223 e. The highest BCUT2D eigenvalue weighted by atomic mass is 32.2. The van der Waals surface area contributed by atoms with Crippen LogP contribution in [0.1, 0.15) is 17.0 Å². The maximum atomic E-state index is 12.4. The Morgan fingerprint density at radius 3 is 2.62 bits per heavy atom. The summed E-state index contributed by atoms with van der Waals surface area (Å²) in [5.41, 5.74) is 2.18. The summed E-state index contributed by atoms with van der Waals surface area (Å²) in [5, 5.41) is 1.03. The van der Waals surface area contributed by atoms with E-state index in [2.05, 4.69) is 41.6 Å². The Morgan fingerprint density at radius 2 is 1.92 bits per heavy atom. The lowest BCUT2D eigenvalue weighted by Crippen LogP contribution is -2.26. The van der Waals surface area contributed by atoms with Crippen LogP contribution < -0.4 is 0 Å². The Balaban J connectivity index is 1.55. The fourth-order valence-electron chi connectivity index (χ4n) is 2.52. The molecule has 3 nitrogen and oxygen atoms in total. The van der Waals surface area contributed by atoms with Crippen LogP contribution in [0.25, 0.3) is 10.2 Å². The van der Waals surface area contributed by atoms with E-state index in [1.165, 1.54) is 9.60 Å². The Morgan fingerprint density at radius 1 is 1.17 bits per heavy atom. The monoisotopic (exact) mass is 356 g/mol. The molecule has 2 aromatic carbocycles. The third-order valence-corrected chi connectivity index (χ3v) is 5.74. The average Bonchev–Trinajstić information content (AvgIpc) is 3.03. The van der Waals surface area contributed by atoms with Crippen LogP contribution in [0, 0.1) is 0 Å². The molecule has 0 unspecified atom stereocenters. The Labute approximate surface area is 150 Å². The van der Waals surface area contributed by atoms with E-state index in [1.54, 1.807) is 28.0 Å². The van der Waals surface area contributed by atoms with Crippen LogP contribution in [0.3, 0.4) is 0 Å². The number of fused-ring (bicyclic) bond motifs is 1. The Bertz CT molecular complexity index is 794. The van der Waals surface area contributed by atoms with Crippen molar-refractivity contribution in [2.75, 3.05) is 13.3 Å². The van der Waals surface area contributed by atoms with Crippen LogP contribution in [0.4, 0.5) is 0 Å². The molecule has 0 saturated carbocycles. The highest BCUT2D eigenvalue weighted by molar-refractivity contribution is 7.98. The summed E-state index contributed by atoms with van der Waals surface area (Å²) in [5.74, 6) is 0.156. The molecule has 3 aromatic rings. The molecule has 0 bridgehead atoms. The van der Waals surface area contributed by atoms with Gasteiger partial charge in [0.25, 0.3) is 0 Å². The predicted molar refractivity (Wildman–Crippen MR) is 103 cm³/mol. The first-order chi connectivity index (χ1) is 11.7. The van der Waals surface area contributed by atoms with E-state index in [4.69, 9.17) is 0 Å². The van der Waals surface area contributed by atoms with Gasteiger partial charge in [0.1, 0.15) is 0 Å². The minimum Gasteiger partial charge on any atom is -0.341 e. The number of para-hydroxylation sites is 1. The van der Waals surface area contributed by atoms with Gasteiger partial charge < -0.3 is 4.90 Å². The fraction of sp³-hybridized carbons (Fsp3) is 0.263. The van der Waals surface area contributed by atoms with E-state index in [-0.39, 0.29) is 5.91 Å². The number of amides is 1. The number of nitrogens with zero attached hydrogens (tertiary/aromatic N) is 2. The van der Waals surface area contributed by atoms with Crippen molar-refractivity contribution < 1.29 is 4.79 Å². The van der Waals surface area contributed by atoms with E-state index in [0.717, 1.165) is 16.1 Å². The summed E-state index contributed by atoms with van der Waals surface area (Å²) >= 11 is 3.40. The van der Waals surface area contributed by atoms with Crippen LogP contribution in [0.5, 0.6) is 0 Å². The first-order valence-electron chi connectivity index (χ1n) is 7.87. The number of thioether (sulfide) groups is 1. The lowest BCUT2D eigenvalue weighted by Gasteiger charge is -2.17. The highest BCUT2D eigenvalue weighted by Crippen LogP contribution is 2.22. The first kappa shape index (κ1) is 17.0. The van der Waals surface area contributed by atoms with Gasteiger partial charge in [-0.3, -0.25) is 4.79 Å². The summed E-state index contributed by atoms with van der Waals surface area (Å²) in [6.07, 6.45) is 3.26. The van der Waals surface area contributed by atoms with Crippen molar-refractivity contribution in [2.24, 2.45) is 0 Å². The standard InChI is InChI=1S/C19H20N2OS2/c1-21(13-14-7-9-15(23-2)10-8-14)19(22)12-11-18-20-16-5-3-4-6-17(16)24-18/h3-10H,11-13H2,1-2H3. The molecule has 1 heterocycles. The molecule has 24 heavy (non-hydrogen) atoms. The van der Waals surface area contributed by atoms with Gasteiger partial charge >= 0.3 is 0 Å². The third kappa shape index (κ3) is 4.16. The number of hydrogen-bond acceptors (Lipinski definition) is 4. The molecule has 0 spiro atoms. The Hall–Kier alpha value is -1.85. The van der Waals surface area contributed by atoms with Gasteiger partial charge in [0.2, 0.25) is 5.91 Å². The zero-order chi connectivity index (χ0) is 16.9. The largest absolute Gasteiger partial charge is 0.341 e. The van der Waals surface area contributed by atoms with E-state index in [9.17, 15) is 4.79 Å². The molecule has 0 fully saturated rings. The van der Waals surface area contributed by atoms with Gasteiger partial charge in [-0.25, -0.2) is 4.98 Å². The number of aromatic nitrogens is 1. The Kier molecular flexibility index (Phi) is 5.53. The van der Waals surface area contributed by atoms with Crippen LogP contribution in [-0.4, -0.2) is 29.1 Å². The van der Waals surface area contributed by atoms with Crippen molar-refractivity contribution in [3.05, 3.63) is 59.1 Å².